The Morgan fingerprint density at radius 3 is 2.80 bits per heavy atom. The zero-order chi connectivity index (χ0) is 10.8. The number of amidine groups is 1. The highest BCUT2D eigenvalue weighted by molar-refractivity contribution is 8.15. The predicted octanol–water partition coefficient (Wildman–Crippen LogP) is 3.90. The van der Waals surface area contributed by atoms with Crippen molar-refractivity contribution in [3.05, 3.63) is 28.2 Å². The second-order valence-electron chi connectivity index (χ2n) is 3.33. The molecule has 0 amide bonds. The third-order valence-corrected chi connectivity index (χ3v) is 3.72. The monoisotopic (exact) mass is 260 g/mol. The maximum Gasteiger partial charge on any atom is 0.161 e. The molecule has 1 aliphatic heterocycles. The van der Waals surface area contributed by atoms with Crippen molar-refractivity contribution in [2.75, 3.05) is 11.9 Å². The fourth-order valence-corrected chi connectivity index (χ4v) is 2.40. The smallest absolute Gasteiger partial charge is 0.161 e. The van der Waals surface area contributed by atoms with Crippen LogP contribution in [-0.2, 0) is 0 Å². The van der Waals surface area contributed by atoms with E-state index in [-0.39, 0.29) is 0 Å². The molecule has 1 heterocycles. The number of halogens is 2. The summed E-state index contributed by atoms with van der Waals surface area (Å²) in [5, 5.41) is 5.83. The van der Waals surface area contributed by atoms with E-state index >= 15 is 0 Å². The number of nitrogens with one attached hydrogen (secondary N) is 1. The number of hydrogen-bond donors (Lipinski definition) is 1. The number of aliphatic imine (C=N–C) groups is 1. The van der Waals surface area contributed by atoms with Crippen molar-refractivity contribution in [3.63, 3.8) is 0 Å². The number of hydrogen-bond acceptors (Lipinski definition) is 3. The lowest BCUT2D eigenvalue weighted by Gasteiger charge is -2.06. The Hall–Kier alpha value is -0.380. The number of nitrogens with zero attached hydrogens (tertiary/aromatic N) is 1. The highest BCUT2D eigenvalue weighted by Crippen LogP contribution is 2.27. The lowest BCUT2D eigenvalue weighted by molar-refractivity contribution is 0.976. The van der Waals surface area contributed by atoms with Gasteiger partial charge in [0.1, 0.15) is 0 Å². The lowest BCUT2D eigenvalue weighted by Crippen LogP contribution is -2.05. The minimum atomic E-state index is 0.551. The van der Waals surface area contributed by atoms with Gasteiger partial charge in [-0.05, 0) is 18.2 Å². The summed E-state index contributed by atoms with van der Waals surface area (Å²) in [6.45, 7) is 3.02. The first-order chi connectivity index (χ1) is 7.15. The van der Waals surface area contributed by atoms with Crippen molar-refractivity contribution in [2.45, 2.75) is 12.2 Å². The maximum absolute atomic E-state index is 5.91. The Balaban J connectivity index is 2.08. The van der Waals surface area contributed by atoms with Crippen LogP contribution in [0.4, 0.5) is 5.69 Å². The molecule has 5 heteroatoms. The summed E-state index contributed by atoms with van der Waals surface area (Å²) < 4.78 is 0. The third kappa shape index (κ3) is 2.80. The van der Waals surface area contributed by atoms with Gasteiger partial charge in [-0.3, -0.25) is 4.99 Å². The molecule has 0 spiro atoms. The molecule has 0 radical (unpaired) electrons. The molecule has 1 atom stereocenters. The second kappa shape index (κ2) is 4.64. The normalized spacial score (nSPS) is 20.2. The van der Waals surface area contributed by atoms with Gasteiger partial charge < -0.3 is 5.32 Å². The number of rotatable bonds is 1. The van der Waals surface area contributed by atoms with Gasteiger partial charge in [-0.2, -0.15) is 0 Å². The van der Waals surface area contributed by atoms with Crippen LogP contribution in [0.3, 0.4) is 0 Å². The molecular weight excluding hydrogens is 251 g/mol. The van der Waals surface area contributed by atoms with Gasteiger partial charge in [0.2, 0.25) is 0 Å². The van der Waals surface area contributed by atoms with Crippen LogP contribution < -0.4 is 5.32 Å². The van der Waals surface area contributed by atoms with E-state index in [0.717, 1.165) is 17.4 Å². The summed E-state index contributed by atoms with van der Waals surface area (Å²) in [5.41, 5.74) is 0.921. The molecule has 80 valence electrons. The third-order valence-electron chi connectivity index (χ3n) is 1.98. The van der Waals surface area contributed by atoms with Crippen LogP contribution in [0.25, 0.3) is 0 Å². The van der Waals surface area contributed by atoms with Crippen molar-refractivity contribution in [3.8, 4) is 0 Å². The van der Waals surface area contributed by atoms with Gasteiger partial charge in [-0.15, -0.1) is 0 Å². The Labute approximate surface area is 103 Å². The molecule has 0 saturated heterocycles. The zero-order valence-electron chi connectivity index (χ0n) is 8.13. The Morgan fingerprint density at radius 1 is 1.40 bits per heavy atom. The fraction of sp³-hybridized carbons (Fsp3) is 0.300. The average molecular weight is 261 g/mol. The van der Waals surface area contributed by atoms with Crippen LogP contribution in [0.5, 0.6) is 0 Å². The molecule has 1 aromatic carbocycles. The van der Waals surface area contributed by atoms with E-state index in [2.05, 4.69) is 17.2 Å². The average Bonchev–Trinajstić information content (AvgIpc) is 2.58. The van der Waals surface area contributed by atoms with Crippen LogP contribution >= 0.6 is 35.0 Å². The summed E-state index contributed by atoms with van der Waals surface area (Å²) in [4.78, 5) is 4.36. The first-order valence-electron chi connectivity index (χ1n) is 4.58. The van der Waals surface area contributed by atoms with Gasteiger partial charge in [0, 0.05) is 10.9 Å². The standard InChI is InChI=1S/C10H10Cl2N2S/c1-6-5-13-10(15-6)14-7-2-3-8(11)9(12)4-7/h2-4,6H,5H2,1H3,(H,13,14)/t6-/m0/s1. The van der Waals surface area contributed by atoms with E-state index in [1.807, 2.05) is 6.07 Å². The van der Waals surface area contributed by atoms with E-state index in [1.165, 1.54) is 0 Å². The Kier molecular flexibility index (Phi) is 3.44. The SMILES string of the molecule is C[C@H]1CN=C(Nc2ccc(Cl)c(Cl)c2)S1. The zero-order valence-corrected chi connectivity index (χ0v) is 10.5. The fourth-order valence-electron chi connectivity index (χ4n) is 1.24. The van der Waals surface area contributed by atoms with Crippen LogP contribution in [-0.4, -0.2) is 17.0 Å². The van der Waals surface area contributed by atoms with Crippen molar-refractivity contribution in [1.82, 2.24) is 0 Å². The first-order valence-corrected chi connectivity index (χ1v) is 6.22. The molecule has 1 aromatic rings. The number of thioether (sulfide) groups is 1. The highest BCUT2D eigenvalue weighted by atomic mass is 35.5. The van der Waals surface area contributed by atoms with Crippen molar-refractivity contribution < 1.29 is 0 Å². The van der Waals surface area contributed by atoms with Gasteiger partial charge in [-0.1, -0.05) is 41.9 Å². The van der Waals surface area contributed by atoms with Crippen LogP contribution in [0.1, 0.15) is 6.92 Å². The molecular formula is C10H10Cl2N2S. The Morgan fingerprint density at radius 2 is 2.20 bits per heavy atom. The van der Waals surface area contributed by atoms with Gasteiger partial charge in [-0.25, -0.2) is 0 Å². The summed E-state index contributed by atoms with van der Waals surface area (Å²) in [6.07, 6.45) is 0. The molecule has 2 nitrogen and oxygen atoms in total. The minimum Gasteiger partial charge on any atom is -0.335 e. The van der Waals surface area contributed by atoms with Crippen LogP contribution in [0.2, 0.25) is 10.0 Å². The molecule has 0 aromatic heterocycles. The molecule has 0 unspecified atom stereocenters. The van der Waals surface area contributed by atoms with E-state index < -0.39 is 0 Å². The van der Waals surface area contributed by atoms with Gasteiger partial charge in [0.25, 0.3) is 0 Å². The molecule has 1 aliphatic rings. The Bertz CT molecular complexity index is 406. The first kappa shape index (κ1) is 11.1. The number of benzene rings is 1. The quantitative estimate of drug-likeness (QED) is 0.829. The lowest BCUT2D eigenvalue weighted by atomic mass is 10.3. The van der Waals surface area contributed by atoms with Crippen LogP contribution in [0, 0.1) is 0 Å². The molecule has 0 bridgehead atoms. The van der Waals surface area contributed by atoms with E-state index in [0.29, 0.717) is 15.3 Å². The summed E-state index contributed by atoms with van der Waals surface area (Å²) >= 11 is 13.5. The van der Waals surface area contributed by atoms with Gasteiger partial charge in [0.05, 0.1) is 16.6 Å². The van der Waals surface area contributed by atoms with Crippen molar-refractivity contribution >= 4 is 45.8 Å². The summed E-state index contributed by atoms with van der Waals surface area (Å²) in [5.74, 6) is 0. The van der Waals surface area contributed by atoms with Crippen LogP contribution in [0.15, 0.2) is 23.2 Å². The van der Waals surface area contributed by atoms with Gasteiger partial charge in [0.15, 0.2) is 5.17 Å². The molecule has 2 rings (SSSR count). The van der Waals surface area contributed by atoms with Gasteiger partial charge >= 0.3 is 0 Å². The molecule has 0 saturated carbocycles. The summed E-state index contributed by atoms with van der Waals surface area (Å²) in [6, 6.07) is 5.46. The summed E-state index contributed by atoms with van der Waals surface area (Å²) in [7, 11) is 0. The topological polar surface area (TPSA) is 24.4 Å². The van der Waals surface area contributed by atoms with Crippen molar-refractivity contribution in [1.29, 1.82) is 0 Å². The number of anilines is 1. The largest absolute Gasteiger partial charge is 0.335 e. The van der Waals surface area contributed by atoms with E-state index in [9.17, 15) is 0 Å². The van der Waals surface area contributed by atoms with E-state index in [1.54, 1.807) is 23.9 Å². The highest BCUT2D eigenvalue weighted by Gasteiger charge is 2.14. The van der Waals surface area contributed by atoms with E-state index in [4.69, 9.17) is 23.2 Å². The second-order valence-corrected chi connectivity index (χ2v) is 5.57. The molecule has 1 N–H and O–H groups in total. The predicted molar refractivity (Wildman–Crippen MR) is 69.4 cm³/mol. The molecule has 0 aliphatic carbocycles. The molecule has 0 fully saturated rings. The molecule has 15 heavy (non-hydrogen) atoms. The van der Waals surface area contributed by atoms with Crippen molar-refractivity contribution in [2.24, 2.45) is 4.99 Å². The minimum absolute atomic E-state index is 0.551. The maximum atomic E-state index is 5.91.